The number of thiophene rings is 1. The SMILES string of the molecule is C1CCCC1.CCC(=O)Cc1cccs1.CCCCS(=O)(=O)O. The van der Waals surface area contributed by atoms with Gasteiger partial charge in [-0.05, 0) is 17.9 Å². The molecule has 0 aromatic carbocycles. The fraction of sp³-hybridized carbons (Fsp3) is 0.706. The lowest BCUT2D eigenvalue weighted by molar-refractivity contribution is -0.118. The zero-order valence-electron chi connectivity index (χ0n) is 14.3. The van der Waals surface area contributed by atoms with E-state index in [1.807, 2.05) is 31.4 Å². The Bertz CT molecular complexity index is 481. The maximum Gasteiger partial charge on any atom is 0.264 e. The third-order valence-electron chi connectivity index (χ3n) is 3.35. The smallest absolute Gasteiger partial charge is 0.264 e. The molecule has 4 nitrogen and oxygen atoms in total. The van der Waals surface area contributed by atoms with Crippen molar-refractivity contribution in [1.82, 2.24) is 0 Å². The van der Waals surface area contributed by atoms with Crippen LogP contribution in [0.5, 0.6) is 0 Å². The highest BCUT2D eigenvalue weighted by Crippen LogP contribution is 2.15. The van der Waals surface area contributed by atoms with Crippen molar-refractivity contribution in [3.8, 4) is 0 Å². The van der Waals surface area contributed by atoms with E-state index in [1.165, 1.54) is 37.0 Å². The summed E-state index contributed by atoms with van der Waals surface area (Å²) < 4.78 is 28.0. The Kier molecular flexibility index (Phi) is 13.3. The Balaban J connectivity index is 0.000000333. The number of carbonyl (C=O) groups excluding carboxylic acids is 1. The highest BCUT2D eigenvalue weighted by molar-refractivity contribution is 7.85. The second-order valence-electron chi connectivity index (χ2n) is 5.56. The number of unbranched alkanes of at least 4 members (excludes halogenated alkanes) is 1. The van der Waals surface area contributed by atoms with Crippen molar-refractivity contribution in [2.24, 2.45) is 0 Å². The van der Waals surface area contributed by atoms with Crippen LogP contribution in [0.2, 0.25) is 0 Å². The predicted octanol–water partition coefficient (Wildman–Crippen LogP) is 4.89. The van der Waals surface area contributed by atoms with Gasteiger partial charge in [-0.1, -0.05) is 58.4 Å². The van der Waals surface area contributed by atoms with Gasteiger partial charge < -0.3 is 0 Å². The molecule has 1 N–H and O–H groups in total. The fourth-order valence-electron chi connectivity index (χ4n) is 1.94. The van der Waals surface area contributed by atoms with Crippen LogP contribution in [-0.2, 0) is 21.3 Å². The Morgan fingerprint density at radius 2 is 1.74 bits per heavy atom. The highest BCUT2D eigenvalue weighted by atomic mass is 32.2. The first-order chi connectivity index (χ1) is 10.9. The lowest BCUT2D eigenvalue weighted by atomic mass is 10.2. The molecule has 1 saturated carbocycles. The zero-order chi connectivity index (χ0) is 17.6. The van der Waals surface area contributed by atoms with E-state index in [9.17, 15) is 13.2 Å². The molecule has 0 saturated heterocycles. The average Bonchev–Trinajstić information content (AvgIpc) is 3.20. The minimum Gasteiger partial charge on any atom is -0.299 e. The Labute approximate surface area is 145 Å². The second-order valence-corrected chi connectivity index (χ2v) is 8.16. The van der Waals surface area contributed by atoms with Gasteiger partial charge in [0.15, 0.2) is 0 Å². The summed E-state index contributed by atoms with van der Waals surface area (Å²) in [4.78, 5) is 12.1. The van der Waals surface area contributed by atoms with E-state index in [1.54, 1.807) is 11.3 Å². The molecule has 1 aliphatic carbocycles. The molecule has 0 radical (unpaired) electrons. The highest BCUT2D eigenvalue weighted by Gasteiger charge is 2.00. The van der Waals surface area contributed by atoms with Gasteiger partial charge in [-0.25, -0.2) is 0 Å². The van der Waals surface area contributed by atoms with Gasteiger partial charge in [-0.15, -0.1) is 11.3 Å². The summed E-state index contributed by atoms with van der Waals surface area (Å²) in [5, 5.41) is 2.00. The molecule has 1 aromatic heterocycles. The van der Waals surface area contributed by atoms with Crippen molar-refractivity contribution >= 4 is 27.2 Å². The number of Topliss-reactive ketones (excluding diaryl/α,β-unsaturated/α-hetero) is 1. The van der Waals surface area contributed by atoms with Gasteiger partial charge in [0.25, 0.3) is 10.1 Å². The third-order valence-corrected chi connectivity index (χ3v) is 5.03. The predicted molar refractivity (Wildman–Crippen MR) is 97.7 cm³/mol. The first-order valence-electron chi connectivity index (χ1n) is 8.38. The second kappa shape index (κ2) is 13.7. The molecule has 0 unspecified atom stereocenters. The number of carbonyl (C=O) groups is 1. The van der Waals surface area contributed by atoms with Gasteiger partial charge in [-0.2, -0.15) is 8.42 Å². The molecular formula is C17H30O4S2. The van der Waals surface area contributed by atoms with Gasteiger partial charge in [0, 0.05) is 17.7 Å². The van der Waals surface area contributed by atoms with Gasteiger partial charge in [0.05, 0.1) is 5.75 Å². The molecule has 0 atom stereocenters. The summed E-state index contributed by atoms with van der Waals surface area (Å²) in [5.74, 6) is 0.214. The number of rotatable bonds is 6. The van der Waals surface area contributed by atoms with E-state index in [4.69, 9.17) is 4.55 Å². The first-order valence-corrected chi connectivity index (χ1v) is 10.9. The van der Waals surface area contributed by atoms with E-state index in [-0.39, 0.29) is 5.75 Å². The molecule has 0 aliphatic heterocycles. The molecule has 1 aliphatic rings. The van der Waals surface area contributed by atoms with Crippen LogP contribution in [0.1, 0.15) is 70.1 Å². The maximum absolute atomic E-state index is 10.9. The van der Waals surface area contributed by atoms with Crippen molar-refractivity contribution in [3.05, 3.63) is 22.4 Å². The molecule has 0 amide bonds. The molecule has 0 spiro atoms. The molecule has 1 heterocycles. The lowest BCUT2D eigenvalue weighted by Crippen LogP contribution is -2.02. The molecular weight excluding hydrogens is 332 g/mol. The Morgan fingerprint density at radius 3 is 2.04 bits per heavy atom. The van der Waals surface area contributed by atoms with Gasteiger partial charge in [-0.3, -0.25) is 9.35 Å². The summed E-state index contributed by atoms with van der Waals surface area (Å²) in [6.07, 6.45) is 10.1. The van der Waals surface area contributed by atoms with Crippen molar-refractivity contribution in [3.63, 3.8) is 0 Å². The van der Waals surface area contributed by atoms with Crippen LogP contribution in [0.25, 0.3) is 0 Å². The number of ketones is 1. The summed E-state index contributed by atoms with van der Waals surface area (Å²) in [5.41, 5.74) is 0. The zero-order valence-corrected chi connectivity index (χ0v) is 15.9. The van der Waals surface area contributed by atoms with Crippen LogP contribution >= 0.6 is 11.3 Å². The average molecular weight is 363 g/mol. The molecule has 134 valence electrons. The van der Waals surface area contributed by atoms with Crippen molar-refractivity contribution in [2.75, 3.05) is 5.75 Å². The minimum absolute atomic E-state index is 0.108. The lowest BCUT2D eigenvalue weighted by Gasteiger charge is -1.90. The summed E-state index contributed by atoms with van der Waals surface area (Å²) in [7, 11) is -3.69. The van der Waals surface area contributed by atoms with Crippen molar-refractivity contribution in [1.29, 1.82) is 0 Å². The van der Waals surface area contributed by atoms with E-state index in [2.05, 4.69) is 0 Å². The van der Waals surface area contributed by atoms with Crippen LogP contribution in [0.4, 0.5) is 0 Å². The molecule has 0 bridgehead atoms. The Hall–Kier alpha value is -0.720. The number of hydrogen-bond donors (Lipinski definition) is 1. The largest absolute Gasteiger partial charge is 0.299 e. The minimum atomic E-state index is -3.69. The summed E-state index contributed by atoms with van der Waals surface area (Å²) in [6.45, 7) is 3.76. The maximum atomic E-state index is 10.9. The first kappa shape index (κ1) is 22.3. The molecule has 2 rings (SSSR count). The van der Waals surface area contributed by atoms with Crippen molar-refractivity contribution in [2.45, 2.75) is 71.6 Å². The monoisotopic (exact) mass is 362 g/mol. The summed E-state index contributed by atoms with van der Waals surface area (Å²) >= 11 is 1.65. The van der Waals surface area contributed by atoms with Crippen LogP contribution in [0.15, 0.2) is 17.5 Å². The van der Waals surface area contributed by atoms with E-state index in [0.29, 0.717) is 25.0 Å². The van der Waals surface area contributed by atoms with Gasteiger partial charge >= 0.3 is 0 Å². The molecule has 1 aromatic rings. The molecule has 23 heavy (non-hydrogen) atoms. The number of hydrogen-bond acceptors (Lipinski definition) is 4. The van der Waals surface area contributed by atoms with Gasteiger partial charge in [0.2, 0.25) is 0 Å². The fourth-order valence-corrected chi connectivity index (χ4v) is 3.33. The molecule has 6 heteroatoms. The van der Waals surface area contributed by atoms with Crippen LogP contribution in [0.3, 0.4) is 0 Å². The van der Waals surface area contributed by atoms with Gasteiger partial charge in [0.1, 0.15) is 5.78 Å². The third kappa shape index (κ3) is 15.9. The van der Waals surface area contributed by atoms with Crippen LogP contribution in [-0.4, -0.2) is 24.5 Å². The van der Waals surface area contributed by atoms with Crippen LogP contribution < -0.4 is 0 Å². The summed E-state index contributed by atoms with van der Waals surface area (Å²) in [6, 6.07) is 3.97. The Morgan fingerprint density at radius 1 is 1.17 bits per heavy atom. The topological polar surface area (TPSA) is 71.4 Å². The quantitative estimate of drug-likeness (QED) is 0.731. The molecule has 1 fully saturated rings. The normalized spacial score (nSPS) is 13.5. The van der Waals surface area contributed by atoms with E-state index in [0.717, 1.165) is 6.42 Å². The van der Waals surface area contributed by atoms with E-state index < -0.39 is 10.1 Å². The van der Waals surface area contributed by atoms with E-state index >= 15 is 0 Å². The van der Waals surface area contributed by atoms with Crippen molar-refractivity contribution < 1.29 is 17.8 Å². The van der Waals surface area contributed by atoms with Crippen LogP contribution in [0, 0.1) is 0 Å². The standard InChI is InChI=1S/C8H10OS.C5H10.C4H10O3S/c1-2-7(9)6-8-4-3-5-10-8;1-2-4-5-3-1;1-2-3-4-8(5,6)7/h3-5H,2,6H2,1H3;1-5H2;2-4H2,1H3,(H,5,6,7).